The lowest BCUT2D eigenvalue weighted by Gasteiger charge is -2.13. The summed E-state index contributed by atoms with van der Waals surface area (Å²) in [4.78, 5) is 15.1. The molecule has 1 atom stereocenters. The van der Waals surface area contributed by atoms with Crippen LogP contribution < -0.4 is 0 Å². The van der Waals surface area contributed by atoms with Crippen molar-refractivity contribution in [1.82, 2.24) is 19.9 Å². The molecule has 0 radical (unpaired) electrons. The van der Waals surface area contributed by atoms with E-state index in [2.05, 4.69) is 15.2 Å². The predicted octanol–water partition coefficient (Wildman–Crippen LogP) is 3.72. The summed E-state index contributed by atoms with van der Waals surface area (Å²) < 4.78 is 6.77. The molecule has 30 heavy (non-hydrogen) atoms. The second-order valence-electron chi connectivity index (χ2n) is 6.95. The van der Waals surface area contributed by atoms with Crippen LogP contribution in [0, 0.1) is 24.0 Å². The van der Waals surface area contributed by atoms with Gasteiger partial charge in [0.15, 0.2) is 0 Å². The molecule has 2 aromatic carbocycles. The third-order valence-corrected chi connectivity index (χ3v) is 4.98. The highest BCUT2D eigenvalue weighted by Crippen LogP contribution is 2.33. The number of aliphatic hydroxyl groups excluding tert-OH is 1. The summed E-state index contributed by atoms with van der Waals surface area (Å²) in [5, 5.41) is 30.3. The van der Waals surface area contributed by atoms with Gasteiger partial charge in [0.25, 0.3) is 5.69 Å². The number of benzene rings is 2. The van der Waals surface area contributed by atoms with Gasteiger partial charge in [0.05, 0.1) is 22.4 Å². The van der Waals surface area contributed by atoms with E-state index in [4.69, 9.17) is 4.52 Å². The van der Waals surface area contributed by atoms with E-state index in [0.717, 1.165) is 11.3 Å². The maximum absolute atomic E-state index is 11.7. The zero-order chi connectivity index (χ0) is 21.3. The molecule has 0 amide bonds. The van der Waals surface area contributed by atoms with Gasteiger partial charge in [-0.2, -0.15) is 5.10 Å². The summed E-state index contributed by atoms with van der Waals surface area (Å²) in [6.07, 6.45) is 2.24. The van der Waals surface area contributed by atoms with Crippen LogP contribution in [0.15, 0.2) is 59.6 Å². The maximum atomic E-state index is 11.7. The van der Waals surface area contributed by atoms with Crippen molar-refractivity contribution in [3.8, 4) is 16.8 Å². The molecule has 1 N–H and O–H groups in total. The maximum Gasteiger partial charge on any atom is 0.273 e. The van der Waals surface area contributed by atoms with Crippen LogP contribution in [0.2, 0.25) is 0 Å². The number of aromatic nitrogens is 4. The molecule has 0 spiro atoms. The Morgan fingerprint density at radius 3 is 2.57 bits per heavy atom. The fraction of sp³-hybridized carbons (Fsp3) is 0.190. The number of rotatable bonds is 6. The van der Waals surface area contributed by atoms with Crippen LogP contribution in [-0.4, -0.2) is 30.0 Å². The lowest BCUT2D eigenvalue weighted by Crippen LogP contribution is -2.05. The highest BCUT2D eigenvalue weighted by molar-refractivity contribution is 5.70. The van der Waals surface area contributed by atoms with E-state index in [0.29, 0.717) is 28.1 Å². The van der Waals surface area contributed by atoms with E-state index in [-0.39, 0.29) is 12.1 Å². The third kappa shape index (κ3) is 3.70. The molecule has 1 unspecified atom stereocenters. The average molecular weight is 405 g/mol. The standard InChI is InChI=1S/C21H19N5O4/c1-13-21(14(2)30-24-13)17-4-3-16(19(9-17)26(28)29)10-20(27)15-5-7-18(8-6-15)25-12-22-11-23-25/h3-9,11-12,20,27H,10H2,1-2H3. The van der Waals surface area contributed by atoms with Crippen molar-refractivity contribution in [1.29, 1.82) is 0 Å². The number of nitrogens with zero attached hydrogens (tertiary/aromatic N) is 5. The second kappa shape index (κ2) is 7.88. The summed E-state index contributed by atoms with van der Waals surface area (Å²) in [6.45, 7) is 3.56. The fourth-order valence-electron chi connectivity index (χ4n) is 3.47. The second-order valence-corrected chi connectivity index (χ2v) is 6.95. The molecule has 2 aromatic heterocycles. The van der Waals surface area contributed by atoms with Crippen molar-refractivity contribution < 1.29 is 14.6 Å². The van der Waals surface area contributed by atoms with Gasteiger partial charge in [-0.1, -0.05) is 29.4 Å². The number of aliphatic hydroxyl groups is 1. The monoisotopic (exact) mass is 405 g/mol. The van der Waals surface area contributed by atoms with E-state index in [1.807, 2.05) is 12.1 Å². The predicted molar refractivity (Wildman–Crippen MR) is 108 cm³/mol. The molecule has 9 nitrogen and oxygen atoms in total. The lowest BCUT2D eigenvalue weighted by molar-refractivity contribution is -0.385. The van der Waals surface area contributed by atoms with Gasteiger partial charge in [0.2, 0.25) is 0 Å². The van der Waals surface area contributed by atoms with Crippen molar-refractivity contribution in [2.45, 2.75) is 26.4 Å². The molecule has 152 valence electrons. The number of nitro benzene ring substituents is 1. The number of hydrogen-bond donors (Lipinski definition) is 1. The first-order valence-corrected chi connectivity index (χ1v) is 9.27. The van der Waals surface area contributed by atoms with Crippen molar-refractivity contribution in [3.05, 3.63) is 87.8 Å². The minimum atomic E-state index is -0.890. The van der Waals surface area contributed by atoms with Gasteiger partial charge in [0.1, 0.15) is 18.4 Å². The molecule has 9 heteroatoms. The van der Waals surface area contributed by atoms with Crippen molar-refractivity contribution in [3.63, 3.8) is 0 Å². The van der Waals surface area contributed by atoms with Crippen molar-refractivity contribution in [2.75, 3.05) is 0 Å². The van der Waals surface area contributed by atoms with Crippen molar-refractivity contribution >= 4 is 5.69 Å². The van der Waals surface area contributed by atoms with Crippen LogP contribution in [0.3, 0.4) is 0 Å². The van der Waals surface area contributed by atoms with Gasteiger partial charge in [-0.05, 0) is 37.1 Å². The molecule has 0 fully saturated rings. The fourth-order valence-corrected chi connectivity index (χ4v) is 3.47. The van der Waals surface area contributed by atoms with Gasteiger partial charge in [0, 0.05) is 23.6 Å². The van der Waals surface area contributed by atoms with E-state index in [1.54, 1.807) is 49.1 Å². The topological polar surface area (TPSA) is 120 Å². The molecule has 0 saturated carbocycles. The minimum absolute atomic E-state index is 0.0502. The largest absolute Gasteiger partial charge is 0.388 e. The Kier molecular flexibility index (Phi) is 5.11. The molecule has 0 saturated heterocycles. The zero-order valence-corrected chi connectivity index (χ0v) is 16.4. The SMILES string of the molecule is Cc1noc(C)c1-c1ccc(CC(O)c2ccc(-n3cncn3)cc2)c([N+](=O)[O-])c1. The van der Waals surface area contributed by atoms with Crippen LogP contribution in [-0.2, 0) is 6.42 Å². The number of hydrogen-bond acceptors (Lipinski definition) is 7. The molecule has 4 rings (SSSR count). The van der Waals surface area contributed by atoms with Gasteiger partial charge in [-0.15, -0.1) is 0 Å². The van der Waals surface area contributed by atoms with Crippen LogP contribution in [0.5, 0.6) is 0 Å². The van der Waals surface area contributed by atoms with E-state index in [9.17, 15) is 15.2 Å². The lowest BCUT2D eigenvalue weighted by atomic mass is 9.96. The van der Waals surface area contributed by atoms with Crippen LogP contribution in [0.4, 0.5) is 5.69 Å². The molecule has 4 aromatic rings. The first-order chi connectivity index (χ1) is 14.4. The van der Waals surface area contributed by atoms with Crippen LogP contribution in [0.1, 0.15) is 28.7 Å². The quantitative estimate of drug-likeness (QED) is 0.383. The van der Waals surface area contributed by atoms with Gasteiger partial charge >= 0.3 is 0 Å². The number of aryl methyl sites for hydroxylation is 2. The van der Waals surface area contributed by atoms with Crippen molar-refractivity contribution in [2.24, 2.45) is 0 Å². The molecular weight excluding hydrogens is 386 g/mol. The molecule has 0 aliphatic carbocycles. The third-order valence-electron chi connectivity index (χ3n) is 4.98. The summed E-state index contributed by atoms with van der Waals surface area (Å²) in [5.74, 6) is 0.599. The Morgan fingerprint density at radius 1 is 1.20 bits per heavy atom. The first-order valence-electron chi connectivity index (χ1n) is 9.27. The Labute approximate surface area is 171 Å². The summed E-state index contributed by atoms with van der Waals surface area (Å²) in [6, 6.07) is 12.1. The molecule has 0 aliphatic heterocycles. The van der Waals surface area contributed by atoms with Gasteiger partial charge in [-0.3, -0.25) is 10.1 Å². The first kappa shape index (κ1) is 19.5. The Hall–Kier alpha value is -3.85. The van der Waals surface area contributed by atoms with Crippen LogP contribution in [0.25, 0.3) is 16.8 Å². The Balaban J connectivity index is 1.60. The smallest absolute Gasteiger partial charge is 0.273 e. The van der Waals surface area contributed by atoms with Gasteiger partial charge in [-0.25, -0.2) is 9.67 Å². The molecule has 0 bridgehead atoms. The average Bonchev–Trinajstić information content (AvgIpc) is 3.38. The van der Waals surface area contributed by atoms with E-state index < -0.39 is 11.0 Å². The molecule has 2 heterocycles. The summed E-state index contributed by atoms with van der Waals surface area (Å²) >= 11 is 0. The molecular formula is C21H19N5O4. The van der Waals surface area contributed by atoms with Gasteiger partial charge < -0.3 is 9.63 Å². The minimum Gasteiger partial charge on any atom is -0.388 e. The summed E-state index contributed by atoms with van der Waals surface area (Å²) in [5.41, 5.74) is 3.93. The Morgan fingerprint density at radius 2 is 1.97 bits per heavy atom. The van der Waals surface area contributed by atoms with E-state index in [1.165, 1.54) is 12.4 Å². The Bertz CT molecular complexity index is 1160. The summed E-state index contributed by atoms with van der Waals surface area (Å²) in [7, 11) is 0. The van der Waals surface area contributed by atoms with Crippen LogP contribution >= 0.6 is 0 Å². The van der Waals surface area contributed by atoms with E-state index >= 15 is 0 Å². The number of nitro groups is 1. The highest BCUT2D eigenvalue weighted by atomic mass is 16.6. The highest BCUT2D eigenvalue weighted by Gasteiger charge is 2.21. The zero-order valence-electron chi connectivity index (χ0n) is 16.4. The molecule has 0 aliphatic rings. The normalized spacial score (nSPS) is 12.1.